The molecule has 0 atom stereocenters. The van der Waals surface area contributed by atoms with Crippen LogP contribution in [0.2, 0.25) is 0 Å². The van der Waals surface area contributed by atoms with Crippen molar-refractivity contribution in [2.24, 2.45) is 0 Å². The summed E-state index contributed by atoms with van der Waals surface area (Å²) in [5.41, 5.74) is 3.13. The number of benzene rings is 3. The van der Waals surface area contributed by atoms with Gasteiger partial charge in [-0.3, -0.25) is 4.98 Å². The van der Waals surface area contributed by atoms with Crippen molar-refractivity contribution >= 4 is 31.5 Å². The van der Waals surface area contributed by atoms with Crippen LogP contribution in [0.5, 0.6) is 0 Å². The predicted molar refractivity (Wildman–Crippen MR) is 113 cm³/mol. The van der Waals surface area contributed by atoms with Crippen molar-refractivity contribution in [2.45, 2.75) is 6.85 Å². The minimum atomic E-state index is -2.28. The van der Waals surface area contributed by atoms with Gasteiger partial charge in [0.25, 0.3) is 0 Å². The molecule has 0 aliphatic heterocycles. The first-order chi connectivity index (χ1) is 14.4. The molecule has 130 valence electrons. The Morgan fingerprint density at radius 1 is 0.889 bits per heavy atom. The van der Waals surface area contributed by atoms with Gasteiger partial charge >= 0.3 is 0 Å². The summed E-state index contributed by atoms with van der Waals surface area (Å²) in [4.78, 5) is 4.62. The molecule has 0 bridgehead atoms. The molecule has 5 aromatic rings. The average Bonchev–Trinajstić information content (AvgIpc) is 3.11. The molecule has 0 saturated carbocycles. The maximum atomic E-state index is 13.8. The standard InChI is InChI=1S/C24H16FNS/c1-15-12-22(26-14-21(15)16-6-3-2-4-7-16)19-9-5-8-18-20-13-17(25)10-11-23(20)27-24(18)19/h2-14H,1H3/i1D3. The van der Waals surface area contributed by atoms with E-state index in [1.807, 2.05) is 48.5 Å². The number of aromatic nitrogens is 1. The number of halogens is 1. The van der Waals surface area contributed by atoms with E-state index in [-0.39, 0.29) is 11.4 Å². The Bertz CT molecular complexity index is 1390. The van der Waals surface area contributed by atoms with Crippen molar-refractivity contribution in [2.75, 3.05) is 0 Å². The fourth-order valence-corrected chi connectivity index (χ4v) is 4.63. The molecule has 0 amide bonds. The monoisotopic (exact) mass is 372 g/mol. The Morgan fingerprint density at radius 3 is 2.63 bits per heavy atom. The Morgan fingerprint density at radius 2 is 1.78 bits per heavy atom. The van der Waals surface area contributed by atoms with Crippen LogP contribution in [0.3, 0.4) is 0 Å². The highest BCUT2D eigenvalue weighted by atomic mass is 32.1. The van der Waals surface area contributed by atoms with Crippen molar-refractivity contribution in [1.82, 2.24) is 4.98 Å². The third-order valence-corrected chi connectivity index (χ3v) is 5.94. The van der Waals surface area contributed by atoms with Gasteiger partial charge in [-0.1, -0.05) is 48.5 Å². The van der Waals surface area contributed by atoms with Crippen LogP contribution in [-0.4, -0.2) is 4.98 Å². The summed E-state index contributed by atoms with van der Waals surface area (Å²) in [6, 6.07) is 21.6. The van der Waals surface area contributed by atoms with Gasteiger partial charge in [-0.25, -0.2) is 4.39 Å². The topological polar surface area (TPSA) is 12.9 Å². The van der Waals surface area contributed by atoms with Crippen molar-refractivity contribution in [3.05, 3.63) is 90.4 Å². The first-order valence-electron chi connectivity index (χ1n) is 10.1. The van der Waals surface area contributed by atoms with Gasteiger partial charge in [-0.05, 0) is 42.2 Å². The highest BCUT2D eigenvalue weighted by Gasteiger charge is 2.13. The first-order valence-corrected chi connectivity index (χ1v) is 9.40. The molecule has 0 fully saturated rings. The molecule has 0 aliphatic rings. The van der Waals surface area contributed by atoms with Gasteiger partial charge in [0, 0.05) is 41.6 Å². The van der Waals surface area contributed by atoms with E-state index >= 15 is 0 Å². The normalized spacial score (nSPS) is 13.4. The number of hydrogen-bond donors (Lipinski definition) is 0. The van der Waals surface area contributed by atoms with Crippen LogP contribution in [0.15, 0.2) is 79.0 Å². The zero-order valence-electron chi connectivity index (χ0n) is 17.2. The predicted octanol–water partition coefficient (Wildman–Crippen LogP) is 7.23. The van der Waals surface area contributed by atoms with Crippen LogP contribution < -0.4 is 0 Å². The molecule has 0 saturated heterocycles. The largest absolute Gasteiger partial charge is 0.256 e. The summed E-state index contributed by atoms with van der Waals surface area (Å²) in [7, 11) is 0. The highest BCUT2D eigenvalue weighted by molar-refractivity contribution is 7.26. The smallest absolute Gasteiger partial charge is 0.123 e. The van der Waals surface area contributed by atoms with Crippen LogP contribution in [0.1, 0.15) is 9.68 Å². The molecule has 27 heavy (non-hydrogen) atoms. The van der Waals surface area contributed by atoms with E-state index in [1.54, 1.807) is 29.7 Å². The zero-order valence-corrected chi connectivity index (χ0v) is 15.1. The summed E-state index contributed by atoms with van der Waals surface area (Å²) in [5.74, 6) is -0.275. The maximum absolute atomic E-state index is 13.8. The van der Waals surface area contributed by atoms with Gasteiger partial charge in [0.1, 0.15) is 5.82 Å². The third-order valence-electron chi connectivity index (χ3n) is 4.72. The molecule has 3 aromatic carbocycles. The van der Waals surface area contributed by atoms with Gasteiger partial charge in [0.15, 0.2) is 0 Å². The molecule has 0 unspecified atom stereocenters. The summed E-state index contributed by atoms with van der Waals surface area (Å²) < 4.78 is 39.9. The number of aryl methyl sites for hydroxylation is 1. The Labute approximate surface area is 165 Å². The molecule has 2 aromatic heterocycles. The van der Waals surface area contributed by atoms with Crippen LogP contribution in [-0.2, 0) is 0 Å². The summed E-state index contributed by atoms with van der Waals surface area (Å²) in [6.07, 6.45) is 1.64. The van der Waals surface area contributed by atoms with Gasteiger partial charge in [0.05, 0.1) is 5.69 Å². The van der Waals surface area contributed by atoms with E-state index < -0.39 is 6.85 Å². The molecule has 3 heteroatoms. The van der Waals surface area contributed by atoms with Crippen LogP contribution in [0.4, 0.5) is 4.39 Å². The van der Waals surface area contributed by atoms with Crippen molar-refractivity contribution in [3.8, 4) is 22.4 Å². The summed E-state index contributed by atoms with van der Waals surface area (Å²) in [5, 5.41) is 1.80. The van der Waals surface area contributed by atoms with Crippen molar-refractivity contribution in [1.29, 1.82) is 0 Å². The minimum Gasteiger partial charge on any atom is -0.256 e. The zero-order chi connectivity index (χ0) is 20.9. The van der Waals surface area contributed by atoms with E-state index in [9.17, 15) is 4.39 Å². The summed E-state index contributed by atoms with van der Waals surface area (Å²) >= 11 is 1.56. The van der Waals surface area contributed by atoms with Gasteiger partial charge in [0.2, 0.25) is 0 Å². The first kappa shape index (κ1) is 13.2. The SMILES string of the molecule is [2H]C([2H])([2H])c1cc(-c2cccc3c2sc2ccc(F)cc23)ncc1-c1ccccc1. The van der Waals surface area contributed by atoms with Gasteiger partial charge < -0.3 is 0 Å². The van der Waals surface area contributed by atoms with Crippen LogP contribution in [0, 0.1) is 12.7 Å². The lowest BCUT2D eigenvalue weighted by Crippen LogP contribution is -1.89. The van der Waals surface area contributed by atoms with E-state index in [2.05, 4.69) is 4.98 Å². The molecular weight excluding hydrogens is 353 g/mol. The third kappa shape index (κ3) is 2.71. The van der Waals surface area contributed by atoms with Crippen molar-refractivity contribution in [3.63, 3.8) is 0 Å². The molecule has 1 nitrogen and oxygen atoms in total. The van der Waals surface area contributed by atoms with Gasteiger partial charge in [-0.15, -0.1) is 11.3 Å². The molecular formula is C24H16FNS. The number of pyridine rings is 1. The number of thiophene rings is 1. The number of hydrogen-bond acceptors (Lipinski definition) is 2. The number of nitrogens with zero attached hydrogens (tertiary/aromatic N) is 1. The number of rotatable bonds is 2. The van der Waals surface area contributed by atoms with Crippen LogP contribution in [0.25, 0.3) is 42.6 Å². The highest BCUT2D eigenvalue weighted by Crippen LogP contribution is 2.40. The molecule has 2 heterocycles. The summed E-state index contributed by atoms with van der Waals surface area (Å²) in [6.45, 7) is -2.28. The lowest BCUT2D eigenvalue weighted by molar-refractivity contribution is 0.630. The second kappa shape index (κ2) is 6.29. The second-order valence-corrected chi connectivity index (χ2v) is 7.46. The van der Waals surface area contributed by atoms with E-state index in [0.717, 1.165) is 31.3 Å². The quantitative estimate of drug-likeness (QED) is 0.318. The average molecular weight is 372 g/mol. The molecule has 0 aliphatic carbocycles. The maximum Gasteiger partial charge on any atom is 0.123 e. The Balaban J connectivity index is 1.75. The Kier molecular flexibility index (Phi) is 3.07. The van der Waals surface area contributed by atoms with E-state index in [1.165, 1.54) is 12.1 Å². The van der Waals surface area contributed by atoms with Crippen molar-refractivity contribution < 1.29 is 8.50 Å². The minimum absolute atomic E-state index is 0.267. The fourth-order valence-electron chi connectivity index (χ4n) is 3.42. The molecule has 0 N–H and O–H groups in total. The molecule has 5 rings (SSSR count). The lowest BCUT2D eigenvalue weighted by Gasteiger charge is -2.09. The second-order valence-electron chi connectivity index (χ2n) is 6.41. The Hall–Kier alpha value is -3.04. The van der Waals surface area contributed by atoms with Crippen LogP contribution >= 0.6 is 11.3 Å². The fraction of sp³-hybridized carbons (Fsp3) is 0.0417. The molecule has 0 radical (unpaired) electrons. The molecule has 0 spiro atoms. The number of fused-ring (bicyclic) bond motifs is 3. The van der Waals surface area contributed by atoms with E-state index in [4.69, 9.17) is 4.11 Å². The lowest BCUT2D eigenvalue weighted by atomic mass is 10.00. The van der Waals surface area contributed by atoms with E-state index in [0.29, 0.717) is 11.3 Å². The van der Waals surface area contributed by atoms with Gasteiger partial charge in [-0.2, -0.15) is 0 Å².